The van der Waals surface area contributed by atoms with E-state index in [1.54, 1.807) is 0 Å². The van der Waals surface area contributed by atoms with E-state index in [0.717, 1.165) is 19.3 Å². The van der Waals surface area contributed by atoms with Gasteiger partial charge >= 0.3 is 5.97 Å². The van der Waals surface area contributed by atoms with Gasteiger partial charge in [0.15, 0.2) is 0 Å². The van der Waals surface area contributed by atoms with Gasteiger partial charge in [-0.1, -0.05) is 0 Å². The Morgan fingerprint density at radius 3 is 2.53 bits per heavy atom. The zero-order valence-corrected chi connectivity index (χ0v) is 10.3. The first-order chi connectivity index (χ1) is 6.87. The molecule has 0 saturated carbocycles. The van der Waals surface area contributed by atoms with Gasteiger partial charge in [0.05, 0.1) is 24.2 Å². The maximum atomic E-state index is 11.4. The summed E-state index contributed by atoms with van der Waals surface area (Å²) in [6.45, 7) is 8.43. The van der Waals surface area contributed by atoms with Crippen LogP contribution in [0.25, 0.3) is 0 Å². The summed E-state index contributed by atoms with van der Waals surface area (Å²) < 4.78 is 10.9. The Kier molecular flexibility index (Phi) is 3.77. The highest BCUT2D eigenvalue weighted by Crippen LogP contribution is 2.37. The Labute approximate surface area is 92.1 Å². The quantitative estimate of drug-likeness (QED) is 0.677. The lowest BCUT2D eigenvalue weighted by atomic mass is 9.86. The summed E-state index contributed by atoms with van der Waals surface area (Å²) in [7, 11) is 0. The van der Waals surface area contributed by atoms with Gasteiger partial charge in [0, 0.05) is 0 Å². The van der Waals surface area contributed by atoms with Crippen molar-refractivity contribution in [2.45, 2.75) is 64.6 Å². The highest BCUT2D eigenvalue weighted by molar-refractivity contribution is 5.70. The molecule has 0 amide bonds. The molecular formula is C12H22O3. The minimum absolute atomic E-state index is 0.112. The summed E-state index contributed by atoms with van der Waals surface area (Å²) in [6.07, 6.45) is 3.48. The average molecular weight is 214 g/mol. The maximum Gasteiger partial charge on any atom is 0.308 e. The second-order valence-corrected chi connectivity index (χ2v) is 5.15. The van der Waals surface area contributed by atoms with Crippen molar-refractivity contribution < 1.29 is 14.3 Å². The lowest BCUT2D eigenvalue weighted by Gasteiger charge is -2.42. The molecule has 3 nitrogen and oxygen atoms in total. The summed E-state index contributed by atoms with van der Waals surface area (Å²) >= 11 is 0. The fourth-order valence-corrected chi connectivity index (χ4v) is 2.30. The van der Waals surface area contributed by atoms with Crippen LogP contribution in [-0.2, 0) is 14.3 Å². The first-order valence-corrected chi connectivity index (χ1v) is 5.73. The van der Waals surface area contributed by atoms with Crippen molar-refractivity contribution >= 4 is 5.97 Å². The fourth-order valence-electron chi connectivity index (χ4n) is 2.30. The van der Waals surface area contributed by atoms with Crippen LogP contribution in [0.2, 0.25) is 0 Å². The minimum atomic E-state index is -0.339. The number of ether oxygens (including phenoxy) is 2. The van der Waals surface area contributed by atoms with Gasteiger partial charge < -0.3 is 9.47 Å². The Bertz CT molecular complexity index is 235. The maximum absolute atomic E-state index is 11.4. The molecule has 1 rings (SSSR count). The van der Waals surface area contributed by atoms with Crippen LogP contribution in [0.5, 0.6) is 0 Å². The van der Waals surface area contributed by atoms with Crippen molar-refractivity contribution in [2.24, 2.45) is 0 Å². The minimum Gasteiger partial charge on any atom is -0.466 e. The molecular weight excluding hydrogens is 192 g/mol. The van der Waals surface area contributed by atoms with E-state index in [1.807, 2.05) is 13.8 Å². The van der Waals surface area contributed by atoms with Crippen LogP contribution in [-0.4, -0.2) is 23.8 Å². The Morgan fingerprint density at radius 1 is 1.33 bits per heavy atom. The molecule has 88 valence electrons. The fraction of sp³-hybridized carbons (Fsp3) is 0.917. The van der Waals surface area contributed by atoms with Crippen molar-refractivity contribution in [1.82, 2.24) is 0 Å². The van der Waals surface area contributed by atoms with Crippen molar-refractivity contribution in [3.63, 3.8) is 0 Å². The van der Waals surface area contributed by atoms with Gasteiger partial charge in [-0.15, -0.1) is 0 Å². The summed E-state index contributed by atoms with van der Waals surface area (Å²) in [5.74, 6) is -0.155. The largest absolute Gasteiger partial charge is 0.466 e. The molecule has 1 aliphatic rings. The molecule has 0 N–H and O–H groups in total. The molecule has 0 radical (unpaired) electrons. The molecule has 0 aromatic carbocycles. The number of hydrogen-bond donors (Lipinski definition) is 0. The number of carbonyl (C=O) groups excluding carboxylic acids is 1. The van der Waals surface area contributed by atoms with E-state index in [2.05, 4.69) is 13.8 Å². The number of esters is 1. The van der Waals surface area contributed by atoms with Crippen molar-refractivity contribution in [3.05, 3.63) is 0 Å². The Morgan fingerprint density at radius 2 is 2.00 bits per heavy atom. The predicted molar refractivity (Wildman–Crippen MR) is 58.7 cm³/mol. The first kappa shape index (κ1) is 12.5. The number of hydrogen-bond acceptors (Lipinski definition) is 3. The summed E-state index contributed by atoms with van der Waals surface area (Å²) in [6, 6.07) is 0. The third-order valence-corrected chi connectivity index (χ3v) is 2.83. The SMILES string of the molecule is CCOC(=O)CC1(C)CCCC(C)(C)O1. The van der Waals surface area contributed by atoms with Crippen LogP contribution < -0.4 is 0 Å². The van der Waals surface area contributed by atoms with Crippen LogP contribution in [0, 0.1) is 0 Å². The molecule has 0 aliphatic carbocycles. The number of carbonyl (C=O) groups is 1. The Balaban J connectivity index is 2.54. The first-order valence-electron chi connectivity index (χ1n) is 5.73. The normalized spacial score (nSPS) is 29.9. The third kappa shape index (κ3) is 3.82. The topological polar surface area (TPSA) is 35.5 Å². The van der Waals surface area contributed by atoms with E-state index in [0.29, 0.717) is 13.0 Å². The molecule has 0 bridgehead atoms. The van der Waals surface area contributed by atoms with Crippen LogP contribution in [0.3, 0.4) is 0 Å². The van der Waals surface area contributed by atoms with Gasteiger partial charge in [-0.2, -0.15) is 0 Å². The summed E-state index contributed by atoms with van der Waals surface area (Å²) in [5.41, 5.74) is -0.451. The van der Waals surface area contributed by atoms with Gasteiger partial charge in [-0.3, -0.25) is 4.79 Å². The molecule has 1 fully saturated rings. The van der Waals surface area contributed by atoms with E-state index < -0.39 is 0 Å². The van der Waals surface area contributed by atoms with E-state index >= 15 is 0 Å². The molecule has 1 unspecified atom stereocenters. The highest BCUT2D eigenvalue weighted by atomic mass is 16.5. The molecule has 3 heteroatoms. The van der Waals surface area contributed by atoms with Gasteiger partial charge in [0.2, 0.25) is 0 Å². The van der Waals surface area contributed by atoms with Crippen LogP contribution in [0.15, 0.2) is 0 Å². The molecule has 1 heterocycles. The smallest absolute Gasteiger partial charge is 0.308 e. The van der Waals surface area contributed by atoms with Crippen molar-refractivity contribution in [3.8, 4) is 0 Å². The van der Waals surface area contributed by atoms with Gasteiger partial charge in [-0.05, 0) is 47.0 Å². The molecule has 0 spiro atoms. The molecule has 15 heavy (non-hydrogen) atoms. The van der Waals surface area contributed by atoms with Gasteiger partial charge in [0.1, 0.15) is 0 Å². The standard InChI is InChI=1S/C12H22O3/c1-5-14-10(13)9-12(4)8-6-7-11(2,3)15-12/h5-9H2,1-4H3. The second-order valence-electron chi connectivity index (χ2n) is 5.15. The van der Waals surface area contributed by atoms with Crippen LogP contribution >= 0.6 is 0 Å². The summed E-state index contributed by atoms with van der Waals surface area (Å²) in [5, 5.41) is 0. The van der Waals surface area contributed by atoms with Gasteiger partial charge in [0.25, 0.3) is 0 Å². The zero-order valence-electron chi connectivity index (χ0n) is 10.3. The molecule has 1 aliphatic heterocycles. The highest BCUT2D eigenvalue weighted by Gasteiger charge is 2.38. The Hall–Kier alpha value is -0.570. The monoisotopic (exact) mass is 214 g/mol. The molecule has 1 saturated heterocycles. The molecule has 0 aromatic heterocycles. The number of rotatable bonds is 3. The lowest BCUT2D eigenvalue weighted by molar-refractivity contribution is -0.181. The van der Waals surface area contributed by atoms with Crippen LogP contribution in [0.1, 0.15) is 53.4 Å². The van der Waals surface area contributed by atoms with E-state index in [4.69, 9.17) is 9.47 Å². The van der Waals surface area contributed by atoms with Crippen molar-refractivity contribution in [2.75, 3.05) is 6.61 Å². The molecule has 1 atom stereocenters. The van der Waals surface area contributed by atoms with Gasteiger partial charge in [-0.25, -0.2) is 0 Å². The third-order valence-electron chi connectivity index (χ3n) is 2.83. The van der Waals surface area contributed by atoms with E-state index in [-0.39, 0.29) is 17.2 Å². The van der Waals surface area contributed by atoms with E-state index in [1.165, 1.54) is 0 Å². The predicted octanol–water partition coefficient (Wildman–Crippen LogP) is 2.68. The van der Waals surface area contributed by atoms with E-state index in [9.17, 15) is 4.79 Å². The zero-order chi connectivity index (χ0) is 11.5. The van der Waals surface area contributed by atoms with Crippen LogP contribution in [0.4, 0.5) is 0 Å². The second kappa shape index (κ2) is 4.52. The van der Waals surface area contributed by atoms with Crippen molar-refractivity contribution in [1.29, 1.82) is 0 Å². The average Bonchev–Trinajstić information content (AvgIpc) is 1.99. The lowest BCUT2D eigenvalue weighted by Crippen LogP contribution is -2.44. The summed E-state index contributed by atoms with van der Waals surface area (Å²) in [4.78, 5) is 11.4. The molecule has 0 aromatic rings.